The van der Waals surface area contributed by atoms with Gasteiger partial charge in [0.15, 0.2) is 0 Å². The lowest BCUT2D eigenvalue weighted by Gasteiger charge is -2.36. The van der Waals surface area contributed by atoms with Crippen molar-refractivity contribution in [3.8, 4) is 11.5 Å². The van der Waals surface area contributed by atoms with Crippen LogP contribution in [0.2, 0.25) is 0 Å². The molecule has 1 amide bonds. The molecule has 0 saturated carbocycles. The Hall–Kier alpha value is -3.71. The molecule has 12 heteroatoms. The molecule has 4 rings (SSSR count). The largest absolute Gasteiger partial charge is 0.497 e. The standard InChI is InChI=1S/C36H48FN3O7S/c1-25-21-40(26(2)24-41)36(42)33-20-30(38-48(43,44)32-16-11-29(37)12-17-32)13-18-34(33)47-27(3)8-6-7-19-46-35(25)23-39(4)22-28-9-14-31(45-5)15-10-28/h9-18,20,25-27,35,38,41H,6-8,19,21-24H2,1-5H3/t25-,26-,27-,35+/m1/s1. The number of ether oxygens (including phenoxy) is 3. The third-order valence-corrected chi connectivity index (χ3v) is 9.93. The van der Waals surface area contributed by atoms with Crippen LogP contribution in [0, 0.1) is 11.7 Å². The number of aliphatic hydroxyl groups is 1. The van der Waals surface area contributed by atoms with Crippen LogP contribution in [0.4, 0.5) is 10.1 Å². The van der Waals surface area contributed by atoms with E-state index in [0.717, 1.165) is 42.7 Å². The first kappa shape index (κ1) is 37.1. The van der Waals surface area contributed by atoms with E-state index in [-0.39, 0.29) is 47.4 Å². The van der Waals surface area contributed by atoms with Gasteiger partial charge in [-0.15, -0.1) is 0 Å². The molecule has 48 heavy (non-hydrogen) atoms. The third-order valence-electron chi connectivity index (χ3n) is 8.53. The maximum atomic E-state index is 14.4. The summed E-state index contributed by atoms with van der Waals surface area (Å²) in [4.78, 5) is 18.0. The lowest BCUT2D eigenvalue weighted by Crippen LogP contribution is -2.47. The summed E-state index contributed by atoms with van der Waals surface area (Å²) in [5.74, 6) is 0.0411. The smallest absolute Gasteiger partial charge is 0.261 e. The van der Waals surface area contributed by atoms with Gasteiger partial charge in [-0.3, -0.25) is 14.4 Å². The van der Waals surface area contributed by atoms with Crippen molar-refractivity contribution in [1.82, 2.24) is 9.80 Å². The SMILES string of the molecule is COc1ccc(CN(C)C[C@@H]2OCCCC[C@@H](C)Oc3ccc(NS(=O)(=O)c4ccc(F)cc4)cc3C(=O)N([C@H](C)CO)C[C@H]2C)cc1. The molecule has 1 aliphatic rings. The van der Waals surface area contributed by atoms with Crippen molar-refractivity contribution in [3.05, 3.63) is 83.7 Å². The van der Waals surface area contributed by atoms with Crippen LogP contribution in [0.5, 0.6) is 11.5 Å². The first-order valence-electron chi connectivity index (χ1n) is 16.3. The van der Waals surface area contributed by atoms with E-state index >= 15 is 0 Å². The normalized spacial score (nSPS) is 20.4. The number of rotatable bonds is 10. The van der Waals surface area contributed by atoms with Crippen molar-refractivity contribution in [2.24, 2.45) is 5.92 Å². The van der Waals surface area contributed by atoms with Crippen LogP contribution in [0.15, 0.2) is 71.6 Å². The highest BCUT2D eigenvalue weighted by Gasteiger charge is 2.30. The van der Waals surface area contributed by atoms with Gasteiger partial charge in [0.05, 0.1) is 42.4 Å². The molecule has 1 heterocycles. The number of likely N-dealkylation sites (N-methyl/N-ethyl adjacent to an activating group) is 1. The summed E-state index contributed by atoms with van der Waals surface area (Å²) in [5.41, 5.74) is 1.45. The highest BCUT2D eigenvalue weighted by Crippen LogP contribution is 2.30. The zero-order valence-corrected chi connectivity index (χ0v) is 29.2. The second kappa shape index (κ2) is 17.1. The maximum absolute atomic E-state index is 14.4. The second-order valence-electron chi connectivity index (χ2n) is 12.6. The zero-order chi connectivity index (χ0) is 34.8. The molecule has 0 fully saturated rings. The number of carbonyl (C=O) groups excluding carboxylic acids is 1. The summed E-state index contributed by atoms with van der Waals surface area (Å²) in [6, 6.07) is 16.5. The highest BCUT2D eigenvalue weighted by molar-refractivity contribution is 7.92. The monoisotopic (exact) mass is 685 g/mol. The fourth-order valence-corrected chi connectivity index (χ4v) is 6.74. The first-order valence-corrected chi connectivity index (χ1v) is 17.8. The minimum absolute atomic E-state index is 0.118. The number of nitrogens with zero attached hydrogens (tertiary/aromatic N) is 2. The topological polar surface area (TPSA) is 118 Å². The number of methoxy groups -OCH3 is 1. The van der Waals surface area contributed by atoms with Crippen LogP contribution >= 0.6 is 0 Å². The molecule has 3 aromatic rings. The van der Waals surface area contributed by atoms with Crippen LogP contribution < -0.4 is 14.2 Å². The number of carbonyl (C=O) groups is 1. The van der Waals surface area contributed by atoms with Gasteiger partial charge in [0.1, 0.15) is 17.3 Å². The van der Waals surface area contributed by atoms with Crippen LogP contribution in [0.1, 0.15) is 56.0 Å². The minimum atomic E-state index is -4.07. The van der Waals surface area contributed by atoms with E-state index in [1.54, 1.807) is 25.0 Å². The average molecular weight is 686 g/mol. The number of halogens is 1. The Balaban J connectivity index is 1.62. The van der Waals surface area contributed by atoms with Gasteiger partial charge in [-0.2, -0.15) is 0 Å². The Kier molecular flexibility index (Phi) is 13.2. The summed E-state index contributed by atoms with van der Waals surface area (Å²) in [5, 5.41) is 10.2. The average Bonchev–Trinajstić information content (AvgIpc) is 3.06. The Morgan fingerprint density at radius 2 is 1.79 bits per heavy atom. The van der Waals surface area contributed by atoms with Gasteiger partial charge in [0, 0.05) is 37.8 Å². The summed E-state index contributed by atoms with van der Waals surface area (Å²) in [6.45, 7) is 7.62. The molecule has 2 N–H and O–H groups in total. The van der Waals surface area contributed by atoms with Gasteiger partial charge in [-0.1, -0.05) is 19.1 Å². The molecular weight excluding hydrogens is 637 g/mol. The molecule has 0 aliphatic carbocycles. The Labute approximate surface area is 283 Å². The van der Waals surface area contributed by atoms with E-state index in [1.165, 1.54) is 24.3 Å². The number of anilines is 1. The lowest BCUT2D eigenvalue weighted by molar-refractivity contribution is -0.0177. The molecule has 1 aliphatic heterocycles. The van der Waals surface area contributed by atoms with Crippen molar-refractivity contribution in [1.29, 1.82) is 0 Å². The van der Waals surface area contributed by atoms with Crippen LogP contribution in [-0.4, -0.2) is 87.9 Å². The second-order valence-corrected chi connectivity index (χ2v) is 14.3. The van der Waals surface area contributed by atoms with Gasteiger partial charge >= 0.3 is 0 Å². The third kappa shape index (κ3) is 10.1. The molecule has 10 nitrogen and oxygen atoms in total. The van der Waals surface area contributed by atoms with E-state index in [0.29, 0.717) is 25.4 Å². The fraction of sp³-hybridized carbons (Fsp3) is 0.472. The fourth-order valence-electron chi connectivity index (χ4n) is 5.69. The number of sulfonamides is 1. The number of hydrogen-bond acceptors (Lipinski definition) is 8. The molecule has 0 bridgehead atoms. The van der Waals surface area contributed by atoms with Crippen LogP contribution in [-0.2, 0) is 21.3 Å². The predicted octanol–water partition coefficient (Wildman–Crippen LogP) is 5.56. The maximum Gasteiger partial charge on any atom is 0.261 e. The molecule has 0 spiro atoms. The Bertz CT molecular complexity index is 1590. The number of nitrogens with one attached hydrogen (secondary N) is 1. The number of benzene rings is 3. The number of hydrogen-bond donors (Lipinski definition) is 2. The molecule has 3 aromatic carbocycles. The molecular formula is C36H48FN3O7S. The first-order chi connectivity index (χ1) is 22.9. The van der Waals surface area contributed by atoms with Crippen molar-refractivity contribution in [2.45, 2.75) is 69.7 Å². The number of amides is 1. The van der Waals surface area contributed by atoms with Crippen molar-refractivity contribution in [2.75, 3.05) is 45.2 Å². The Morgan fingerprint density at radius 1 is 1.08 bits per heavy atom. The highest BCUT2D eigenvalue weighted by atomic mass is 32.2. The van der Waals surface area contributed by atoms with Crippen molar-refractivity contribution in [3.63, 3.8) is 0 Å². The number of aliphatic hydroxyl groups excluding tert-OH is 1. The quantitative estimate of drug-likeness (QED) is 0.285. The van der Waals surface area contributed by atoms with E-state index in [4.69, 9.17) is 14.2 Å². The summed E-state index contributed by atoms with van der Waals surface area (Å²) < 4.78 is 60.2. The number of fused-ring (bicyclic) bond motifs is 1. The lowest BCUT2D eigenvalue weighted by atomic mass is 10.0. The van der Waals surface area contributed by atoms with Crippen LogP contribution in [0.25, 0.3) is 0 Å². The van der Waals surface area contributed by atoms with Gasteiger partial charge in [-0.05, 0) is 100 Å². The van der Waals surface area contributed by atoms with Crippen LogP contribution in [0.3, 0.4) is 0 Å². The molecule has 0 aromatic heterocycles. The van der Waals surface area contributed by atoms with E-state index in [2.05, 4.69) is 9.62 Å². The summed E-state index contributed by atoms with van der Waals surface area (Å²) in [6.07, 6.45) is 1.99. The molecule has 0 saturated heterocycles. The molecule has 0 unspecified atom stereocenters. The molecule has 262 valence electrons. The minimum Gasteiger partial charge on any atom is -0.497 e. The van der Waals surface area contributed by atoms with Gasteiger partial charge in [-0.25, -0.2) is 12.8 Å². The van der Waals surface area contributed by atoms with E-state index in [9.17, 15) is 22.7 Å². The molecule has 4 atom stereocenters. The Morgan fingerprint density at radius 3 is 2.46 bits per heavy atom. The van der Waals surface area contributed by atoms with E-state index in [1.807, 2.05) is 45.2 Å². The zero-order valence-electron chi connectivity index (χ0n) is 28.4. The van der Waals surface area contributed by atoms with Gasteiger partial charge in [0.25, 0.3) is 15.9 Å². The van der Waals surface area contributed by atoms with Crippen molar-refractivity contribution >= 4 is 21.6 Å². The summed E-state index contributed by atoms with van der Waals surface area (Å²) >= 11 is 0. The van der Waals surface area contributed by atoms with E-state index < -0.39 is 27.8 Å². The van der Waals surface area contributed by atoms with Gasteiger partial charge in [0.2, 0.25) is 0 Å². The van der Waals surface area contributed by atoms with Crippen molar-refractivity contribution < 1.29 is 36.9 Å². The molecule has 0 radical (unpaired) electrons. The predicted molar refractivity (Wildman–Crippen MR) is 183 cm³/mol. The van der Waals surface area contributed by atoms with Gasteiger partial charge < -0.3 is 24.2 Å². The summed E-state index contributed by atoms with van der Waals surface area (Å²) in [7, 11) is -0.395.